The predicted molar refractivity (Wildman–Crippen MR) is 97.9 cm³/mol. The van der Waals surface area contributed by atoms with Gasteiger partial charge in [-0.15, -0.1) is 11.3 Å². The van der Waals surface area contributed by atoms with E-state index in [9.17, 15) is 4.79 Å². The average Bonchev–Trinajstić information content (AvgIpc) is 3.00. The summed E-state index contributed by atoms with van der Waals surface area (Å²) >= 11 is 1.42. The molecule has 0 atom stereocenters. The van der Waals surface area contributed by atoms with Crippen molar-refractivity contribution in [2.45, 2.75) is 33.1 Å². The van der Waals surface area contributed by atoms with Crippen molar-refractivity contribution in [3.05, 3.63) is 52.7 Å². The van der Waals surface area contributed by atoms with Crippen LogP contribution in [0.15, 0.2) is 41.4 Å². The molecule has 1 amide bonds. The van der Waals surface area contributed by atoms with Crippen LogP contribution in [0.1, 0.15) is 31.0 Å². The van der Waals surface area contributed by atoms with E-state index in [2.05, 4.69) is 22.5 Å². The number of benzene rings is 1. The van der Waals surface area contributed by atoms with Crippen molar-refractivity contribution in [1.82, 2.24) is 4.98 Å². The predicted octanol–water partition coefficient (Wildman–Crippen LogP) is 4.25. The molecule has 0 aliphatic carbocycles. The Morgan fingerprint density at radius 2 is 2.12 bits per heavy atom. The lowest BCUT2D eigenvalue weighted by molar-refractivity contribution is -0.112. The van der Waals surface area contributed by atoms with Gasteiger partial charge in [-0.3, -0.25) is 4.79 Å². The Bertz CT molecular complexity index is 756. The van der Waals surface area contributed by atoms with E-state index >= 15 is 0 Å². The van der Waals surface area contributed by atoms with Gasteiger partial charge < -0.3 is 10.6 Å². The van der Waals surface area contributed by atoms with Gasteiger partial charge in [-0.1, -0.05) is 25.5 Å². The van der Waals surface area contributed by atoms with Gasteiger partial charge in [-0.25, -0.2) is 4.98 Å². The molecular weight excluding hydrogens is 320 g/mol. The van der Waals surface area contributed by atoms with Crippen molar-refractivity contribution in [2.24, 2.45) is 0 Å². The minimum atomic E-state index is -0.445. The summed E-state index contributed by atoms with van der Waals surface area (Å²) in [7, 11) is 0. The number of aromatic nitrogens is 1. The number of carbonyl (C=O) groups excluding carboxylic acids is 1. The zero-order chi connectivity index (χ0) is 17.4. The number of hydrogen-bond acceptors (Lipinski definition) is 5. The summed E-state index contributed by atoms with van der Waals surface area (Å²) < 4.78 is 0. The van der Waals surface area contributed by atoms with Gasteiger partial charge in [-0.05, 0) is 37.5 Å². The summed E-state index contributed by atoms with van der Waals surface area (Å²) in [5.74, 6) is -0.445. The van der Waals surface area contributed by atoms with E-state index in [1.54, 1.807) is 0 Å². The van der Waals surface area contributed by atoms with Crippen molar-refractivity contribution in [3.8, 4) is 6.07 Å². The molecule has 1 heterocycles. The minimum Gasteiger partial charge on any atom is -0.337 e. The van der Waals surface area contributed by atoms with Crippen molar-refractivity contribution >= 4 is 28.1 Å². The van der Waals surface area contributed by atoms with Crippen LogP contribution < -0.4 is 10.6 Å². The van der Waals surface area contributed by atoms with Crippen molar-refractivity contribution in [1.29, 1.82) is 5.26 Å². The highest BCUT2D eigenvalue weighted by molar-refractivity contribution is 7.13. The number of thiazole rings is 1. The third kappa shape index (κ3) is 5.21. The summed E-state index contributed by atoms with van der Waals surface area (Å²) in [4.78, 5) is 16.4. The maximum Gasteiger partial charge on any atom is 0.267 e. The van der Waals surface area contributed by atoms with E-state index in [4.69, 9.17) is 5.26 Å². The molecule has 0 fully saturated rings. The van der Waals surface area contributed by atoms with Crippen LogP contribution in [-0.4, -0.2) is 10.9 Å². The molecule has 1 aromatic carbocycles. The molecule has 24 heavy (non-hydrogen) atoms. The number of aryl methyl sites for hydroxylation is 2. The lowest BCUT2D eigenvalue weighted by atomic mass is 10.1. The molecular formula is C18H20N4OS. The Morgan fingerprint density at radius 3 is 2.71 bits per heavy atom. The molecule has 0 radical (unpaired) electrons. The fraction of sp³-hybridized carbons (Fsp3) is 0.278. The molecule has 0 saturated carbocycles. The Labute approximate surface area is 146 Å². The maximum absolute atomic E-state index is 12.2. The lowest BCUT2D eigenvalue weighted by Crippen LogP contribution is -2.14. The smallest absolute Gasteiger partial charge is 0.267 e. The normalized spacial score (nSPS) is 11.0. The van der Waals surface area contributed by atoms with E-state index in [0.29, 0.717) is 10.8 Å². The second-order valence-electron chi connectivity index (χ2n) is 5.36. The van der Waals surface area contributed by atoms with Gasteiger partial charge in [0.05, 0.1) is 5.69 Å². The molecule has 5 nitrogen and oxygen atoms in total. The van der Waals surface area contributed by atoms with E-state index < -0.39 is 5.91 Å². The van der Waals surface area contributed by atoms with Crippen molar-refractivity contribution in [2.75, 3.05) is 10.6 Å². The van der Waals surface area contributed by atoms with Gasteiger partial charge in [0.1, 0.15) is 11.6 Å². The number of rotatable bonds is 7. The highest BCUT2D eigenvalue weighted by Crippen LogP contribution is 2.15. The van der Waals surface area contributed by atoms with Crippen LogP contribution >= 0.6 is 11.3 Å². The Morgan fingerprint density at radius 1 is 1.38 bits per heavy atom. The first-order valence-electron chi connectivity index (χ1n) is 7.81. The summed E-state index contributed by atoms with van der Waals surface area (Å²) in [6.45, 7) is 4.04. The molecule has 0 spiro atoms. The lowest BCUT2D eigenvalue weighted by Gasteiger charge is -2.06. The van der Waals surface area contributed by atoms with Gasteiger partial charge in [0.2, 0.25) is 0 Å². The first-order chi connectivity index (χ1) is 11.6. The maximum atomic E-state index is 12.2. The van der Waals surface area contributed by atoms with E-state index in [1.807, 2.05) is 42.6 Å². The van der Waals surface area contributed by atoms with Gasteiger partial charge >= 0.3 is 0 Å². The van der Waals surface area contributed by atoms with Crippen LogP contribution in [-0.2, 0) is 11.2 Å². The second kappa shape index (κ2) is 8.85. The third-order valence-electron chi connectivity index (χ3n) is 3.35. The fourth-order valence-corrected chi connectivity index (χ4v) is 2.70. The number of anilines is 2. The topological polar surface area (TPSA) is 77.8 Å². The molecule has 124 valence electrons. The first kappa shape index (κ1) is 17.7. The number of carbonyl (C=O) groups is 1. The number of amides is 1. The quantitative estimate of drug-likeness (QED) is 0.583. The highest BCUT2D eigenvalue weighted by Gasteiger charge is 2.09. The van der Waals surface area contributed by atoms with Crippen LogP contribution in [0.4, 0.5) is 10.8 Å². The van der Waals surface area contributed by atoms with Gasteiger partial charge in [0.25, 0.3) is 5.91 Å². The third-order valence-corrected chi connectivity index (χ3v) is 4.25. The van der Waals surface area contributed by atoms with Crippen LogP contribution in [0.5, 0.6) is 0 Å². The molecule has 0 aliphatic heterocycles. The van der Waals surface area contributed by atoms with Gasteiger partial charge in [0.15, 0.2) is 5.13 Å². The largest absolute Gasteiger partial charge is 0.337 e. The molecule has 6 heteroatoms. The molecule has 2 aromatic rings. The van der Waals surface area contributed by atoms with Gasteiger partial charge in [0, 0.05) is 17.3 Å². The van der Waals surface area contributed by atoms with Gasteiger partial charge in [-0.2, -0.15) is 5.26 Å². The molecule has 1 aromatic heterocycles. The van der Waals surface area contributed by atoms with E-state index in [-0.39, 0.29) is 5.57 Å². The second-order valence-corrected chi connectivity index (χ2v) is 6.22. The summed E-state index contributed by atoms with van der Waals surface area (Å²) in [6.07, 6.45) is 4.71. The summed E-state index contributed by atoms with van der Waals surface area (Å²) in [6, 6.07) is 9.61. The fourth-order valence-electron chi connectivity index (χ4n) is 2.04. The Hall–Kier alpha value is -2.65. The van der Waals surface area contributed by atoms with E-state index in [1.165, 1.54) is 23.1 Å². The summed E-state index contributed by atoms with van der Waals surface area (Å²) in [5.41, 5.74) is 2.80. The number of hydrogen-bond donors (Lipinski definition) is 2. The van der Waals surface area contributed by atoms with Crippen molar-refractivity contribution < 1.29 is 4.79 Å². The molecule has 2 rings (SSSR count). The number of nitrogens with one attached hydrogen (secondary N) is 2. The number of nitrogens with zero attached hydrogens (tertiary/aromatic N) is 2. The van der Waals surface area contributed by atoms with Crippen LogP contribution in [0.3, 0.4) is 0 Å². The zero-order valence-electron chi connectivity index (χ0n) is 13.8. The highest BCUT2D eigenvalue weighted by atomic mass is 32.1. The average molecular weight is 340 g/mol. The molecule has 2 N–H and O–H groups in total. The molecule has 0 bridgehead atoms. The summed E-state index contributed by atoms with van der Waals surface area (Å²) in [5, 5.41) is 17.3. The standard InChI is InChI=1S/C18H20N4OS/c1-3-4-5-14-6-8-16(9-7-14)22-17(23)15(10-19)11-20-18-21-13(2)12-24-18/h6-9,11-12H,3-5H2,1-2H3,(H,20,21)(H,22,23)/b15-11-. The zero-order valence-corrected chi connectivity index (χ0v) is 14.6. The SMILES string of the molecule is CCCCc1ccc(NC(=O)/C(C#N)=C\Nc2nc(C)cs2)cc1. The number of nitriles is 1. The monoisotopic (exact) mass is 340 g/mol. The molecule has 0 aliphatic rings. The Balaban J connectivity index is 1.97. The van der Waals surface area contributed by atoms with Crippen LogP contribution in [0, 0.1) is 18.3 Å². The van der Waals surface area contributed by atoms with E-state index in [0.717, 1.165) is 25.0 Å². The number of unbranched alkanes of at least 4 members (excludes halogenated alkanes) is 1. The van der Waals surface area contributed by atoms with Crippen molar-refractivity contribution in [3.63, 3.8) is 0 Å². The molecule has 0 saturated heterocycles. The Kier molecular flexibility index (Phi) is 6.52. The van der Waals surface area contributed by atoms with Crippen LogP contribution in [0.25, 0.3) is 0 Å². The first-order valence-corrected chi connectivity index (χ1v) is 8.69. The molecule has 0 unspecified atom stereocenters. The van der Waals surface area contributed by atoms with Crippen LogP contribution in [0.2, 0.25) is 0 Å². The minimum absolute atomic E-state index is 0.00193.